The van der Waals surface area contributed by atoms with Gasteiger partial charge in [0.1, 0.15) is 11.6 Å². The summed E-state index contributed by atoms with van der Waals surface area (Å²) in [6.45, 7) is 0.441. The van der Waals surface area contributed by atoms with Crippen molar-refractivity contribution >= 4 is 32.4 Å². The SMILES string of the molecule is Oc1cc(F)cc(CNc2ccc(Br)c3ccccc23)c1. The summed E-state index contributed by atoms with van der Waals surface area (Å²) < 4.78 is 14.3. The molecule has 0 saturated carbocycles. The van der Waals surface area contributed by atoms with Crippen molar-refractivity contribution in [3.8, 4) is 5.75 Å². The molecule has 3 rings (SSSR count). The highest BCUT2D eigenvalue weighted by atomic mass is 79.9. The van der Waals surface area contributed by atoms with Gasteiger partial charge in [0.05, 0.1) is 0 Å². The molecule has 0 aliphatic heterocycles. The number of rotatable bonds is 3. The number of halogens is 2. The van der Waals surface area contributed by atoms with Crippen LogP contribution in [-0.4, -0.2) is 5.11 Å². The minimum Gasteiger partial charge on any atom is -0.508 e. The minimum absolute atomic E-state index is 0.0625. The van der Waals surface area contributed by atoms with E-state index in [1.165, 1.54) is 6.07 Å². The Kier molecular flexibility index (Phi) is 3.80. The van der Waals surface area contributed by atoms with Crippen molar-refractivity contribution < 1.29 is 9.50 Å². The highest BCUT2D eigenvalue weighted by molar-refractivity contribution is 9.10. The Morgan fingerprint density at radius 1 is 1.00 bits per heavy atom. The van der Waals surface area contributed by atoms with Crippen LogP contribution in [0, 0.1) is 5.82 Å². The summed E-state index contributed by atoms with van der Waals surface area (Å²) in [7, 11) is 0. The number of anilines is 1. The second-order valence-corrected chi connectivity index (χ2v) is 5.67. The first kappa shape index (κ1) is 13.9. The average Bonchev–Trinajstić information content (AvgIpc) is 2.46. The minimum atomic E-state index is -0.438. The summed E-state index contributed by atoms with van der Waals surface area (Å²) in [5, 5.41) is 14.9. The Morgan fingerprint density at radius 2 is 1.76 bits per heavy atom. The molecular formula is C17H13BrFNO. The monoisotopic (exact) mass is 345 g/mol. The first-order valence-corrected chi connectivity index (χ1v) is 7.32. The van der Waals surface area contributed by atoms with Crippen LogP contribution in [0.15, 0.2) is 59.1 Å². The van der Waals surface area contributed by atoms with E-state index < -0.39 is 5.82 Å². The number of phenols is 1. The normalized spacial score (nSPS) is 10.8. The maximum absolute atomic E-state index is 13.3. The molecule has 2 N–H and O–H groups in total. The molecule has 0 aliphatic carbocycles. The summed E-state index contributed by atoms with van der Waals surface area (Å²) in [6, 6.07) is 16.1. The standard InChI is InChI=1S/C17H13BrFNO/c18-16-5-6-17(15-4-2-1-3-14(15)16)20-10-11-7-12(19)9-13(21)8-11/h1-9,20-21H,10H2. The van der Waals surface area contributed by atoms with Crippen molar-refractivity contribution in [3.05, 3.63) is 70.5 Å². The van der Waals surface area contributed by atoms with Gasteiger partial charge in [-0.1, -0.05) is 40.2 Å². The molecule has 0 atom stereocenters. The molecule has 0 aliphatic rings. The Balaban J connectivity index is 1.90. The van der Waals surface area contributed by atoms with E-state index in [0.717, 1.165) is 27.0 Å². The van der Waals surface area contributed by atoms with Gasteiger partial charge in [0, 0.05) is 28.2 Å². The van der Waals surface area contributed by atoms with Crippen LogP contribution < -0.4 is 5.32 Å². The molecule has 106 valence electrons. The maximum Gasteiger partial charge on any atom is 0.127 e. The number of aromatic hydroxyl groups is 1. The predicted molar refractivity (Wildman–Crippen MR) is 87.0 cm³/mol. The second-order valence-electron chi connectivity index (χ2n) is 4.81. The zero-order valence-electron chi connectivity index (χ0n) is 11.1. The van der Waals surface area contributed by atoms with Crippen molar-refractivity contribution in [2.75, 3.05) is 5.32 Å². The van der Waals surface area contributed by atoms with Crippen LogP contribution in [0.2, 0.25) is 0 Å². The lowest BCUT2D eigenvalue weighted by molar-refractivity contribution is 0.468. The number of benzene rings is 3. The van der Waals surface area contributed by atoms with E-state index in [-0.39, 0.29) is 5.75 Å². The van der Waals surface area contributed by atoms with E-state index in [9.17, 15) is 9.50 Å². The fraction of sp³-hybridized carbons (Fsp3) is 0.0588. The predicted octanol–water partition coefficient (Wildman–Crippen LogP) is 5.06. The molecule has 0 amide bonds. The number of nitrogens with one attached hydrogen (secondary N) is 1. The van der Waals surface area contributed by atoms with Gasteiger partial charge in [-0.15, -0.1) is 0 Å². The lowest BCUT2D eigenvalue weighted by atomic mass is 10.1. The fourth-order valence-corrected chi connectivity index (χ4v) is 2.83. The number of fused-ring (bicyclic) bond motifs is 1. The number of hydrogen-bond acceptors (Lipinski definition) is 2. The van der Waals surface area contributed by atoms with Crippen molar-refractivity contribution in [2.24, 2.45) is 0 Å². The van der Waals surface area contributed by atoms with Crippen molar-refractivity contribution in [1.29, 1.82) is 0 Å². The molecule has 21 heavy (non-hydrogen) atoms. The van der Waals surface area contributed by atoms with Gasteiger partial charge in [-0.3, -0.25) is 0 Å². The molecule has 0 spiro atoms. The smallest absolute Gasteiger partial charge is 0.127 e. The fourth-order valence-electron chi connectivity index (χ4n) is 2.35. The van der Waals surface area contributed by atoms with Gasteiger partial charge in [-0.25, -0.2) is 4.39 Å². The summed E-state index contributed by atoms with van der Waals surface area (Å²) in [6.07, 6.45) is 0. The summed E-state index contributed by atoms with van der Waals surface area (Å²) in [5.41, 5.74) is 1.66. The Hall–Kier alpha value is -2.07. The van der Waals surface area contributed by atoms with Crippen LogP contribution in [0.3, 0.4) is 0 Å². The molecule has 0 aromatic heterocycles. The van der Waals surface area contributed by atoms with Crippen LogP contribution in [0.4, 0.5) is 10.1 Å². The van der Waals surface area contributed by atoms with Gasteiger partial charge in [0.15, 0.2) is 0 Å². The molecule has 0 unspecified atom stereocenters. The van der Waals surface area contributed by atoms with E-state index in [1.54, 1.807) is 6.07 Å². The zero-order valence-corrected chi connectivity index (χ0v) is 12.7. The average molecular weight is 346 g/mol. The highest BCUT2D eigenvalue weighted by Gasteiger charge is 2.05. The first-order valence-electron chi connectivity index (χ1n) is 6.53. The van der Waals surface area contributed by atoms with E-state index in [2.05, 4.69) is 21.2 Å². The van der Waals surface area contributed by atoms with Crippen molar-refractivity contribution in [2.45, 2.75) is 6.54 Å². The molecule has 0 radical (unpaired) electrons. The number of phenolic OH excluding ortho intramolecular Hbond substituents is 1. The van der Waals surface area contributed by atoms with E-state index in [4.69, 9.17) is 0 Å². The molecule has 4 heteroatoms. The quantitative estimate of drug-likeness (QED) is 0.695. The Bertz CT molecular complexity index is 784. The topological polar surface area (TPSA) is 32.3 Å². The van der Waals surface area contributed by atoms with E-state index in [0.29, 0.717) is 12.1 Å². The zero-order chi connectivity index (χ0) is 14.8. The van der Waals surface area contributed by atoms with Crippen LogP contribution in [0.5, 0.6) is 5.75 Å². The lowest BCUT2D eigenvalue weighted by Crippen LogP contribution is -2.00. The summed E-state index contributed by atoms with van der Waals surface area (Å²) in [4.78, 5) is 0. The molecule has 3 aromatic rings. The van der Waals surface area contributed by atoms with Crippen molar-refractivity contribution in [3.63, 3.8) is 0 Å². The van der Waals surface area contributed by atoms with Crippen LogP contribution >= 0.6 is 15.9 Å². The third kappa shape index (κ3) is 3.00. The van der Waals surface area contributed by atoms with Crippen LogP contribution in [-0.2, 0) is 6.54 Å². The van der Waals surface area contributed by atoms with Crippen LogP contribution in [0.1, 0.15) is 5.56 Å². The molecular weight excluding hydrogens is 333 g/mol. The third-order valence-corrected chi connectivity index (χ3v) is 3.99. The van der Waals surface area contributed by atoms with Gasteiger partial charge in [-0.2, -0.15) is 0 Å². The molecule has 0 bridgehead atoms. The van der Waals surface area contributed by atoms with Gasteiger partial charge >= 0.3 is 0 Å². The van der Waals surface area contributed by atoms with Crippen molar-refractivity contribution in [1.82, 2.24) is 0 Å². The molecule has 2 nitrogen and oxygen atoms in total. The Morgan fingerprint density at radius 3 is 2.52 bits per heavy atom. The molecule has 0 saturated heterocycles. The highest BCUT2D eigenvalue weighted by Crippen LogP contribution is 2.30. The van der Waals surface area contributed by atoms with Gasteiger partial charge in [0.25, 0.3) is 0 Å². The van der Waals surface area contributed by atoms with Gasteiger partial charge in [-0.05, 0) is 35.2 Å². The van der Waals surface area contributed by atoms with Crippen LogP contribution in [0.25, 0.3) is 10.8 Å². The van der Waals surface area contributed by atoms with Gasteiger partial charge < -0.3 is 10.4 Å². The third-order valence-electron chi connectivity index (χ3n) is 3.30. The summed E-state index contributed by atoms with van der Waals surface area (Å²) in [5.74, 6) is -0.500. The second kappa shape index (κ2) is 5.74. The molecule has 0 heterocycles. The largest absolute Gasteiger partial charge is 0.508 e. The Labute approximate surface area is 130 Å². The maximum atomic E-state index is 13.3. The van der Waals surface area contributed by atoms with E-state index >= 15 is 0 Å². The molecule has 3 aromatic carbocycles. The molecule has 0 fully saturated rings. The summed E-state index contributed by atoms with van der Waals surface area (Å²) >= 11 is 3.54. The lowest BCUT2D eigenvalue weighted by Gasteiger charge is -2.11. The number of hydrogen-bond donors (Lipinski definition) is 2. The van der Waals surface area contributed by atoms with E-state index in [1.807, 2.05) is 36.4 Å². The first-order chi connectivity index (χ1) is 10.1. The van der Waals surface area contributed by atoms with Gasteiger partial charge in [0.2, 0.25) is 0 Å².